The van der Waals surface area contributed by atoms with E-state index >= 15 is 0 Å². The minimum Gasteiger partial charge on any atom is -0.455 e. The van der Waals surface area contributed by atoms with Gasteiger partial charge in [-0.15, -0.1) is 11.3 Å². The third kappa shape index (κ3) is 5.19. The van der Waals surface area contributed by atoms with Gasteiger partial charge in [0.25, 0.3) is 0 Å². The van der Waals surface area contributed by atoms with E-state index in [1.54, 1.807) is 11.3 Å². The Labute approximate surface area is 363 Å². The third-order valence-electron chi connectivity index (χ3n) is 12.8. The fourth-order valence-corrected chi connectivity index (χ4v) is 11.0. The van der Waals surface area contributed by atoms with Crippen molar-refractivity contribution in [2.75, 3.05) is 0 Å². The van der Waals surface area contributed by atoms with Crippen LogP contribution in [0.2, 0.25) is 0 Å². The van der Waals surface area contributed by atoms with Crippen LogP contribution in [0, 0.1) is 0 Å². The molecule has 0 aliphatic heterocycles. The summed E-state index contributed by atoms with van der Waals surface area (Å²) >= 11 is 1.79. The molecular weight excluding hydrogens is 789 g/mol. The molecule has 0 atom stereocenters. The largest absolute Gasteiger partial charge is 0.455 e. The maximum absolute atomic E-state index is 6.92. The van der Waals surface area contributed by atoms with Gasteiger partial charge in [-0.2, -0.15) is 0 Å². The Morgan fingerprint density at radius 1 is 0.365 bits per heavy atom. The van der Waals surface area contributed by atoms with E-state index in [2.05, 4.69) is 168 Å². The van der Waals surface area contributed by atoms with E-state index in [0.717, 1.165) is 55.1 Å². The molecule has 0 aliphatic carbocycles. The monoisotopic (exact) mass is 820 g/mol. The summed E-state index contributed by atoms with van der Waals surface area (Å²) in [4.78, 5) is 15.3. The molecule has 0 aliphatic rings. The SMILES string of the molecule is c1ccc(-c2nc(-c3ccc4c(c3)oc3c5ccccc5c(-n5c6cc7ccccc7cc6c6c7ccccc7ccc65)cc43)nc(-c3ccc4c(c3)sc3ccccc34)n2)cc1. The maximum Gasteiger partial charge on any atom is 0.164 e. The highest BCUT2D eigenvalue weighted by molar-refractivity contribution is 7.25. The van der Waals surface area contributed by atoms with Crippen molar-refractivity contribution in [3.05, 3.63) is 194 Å². The van der Waals surface area contributed by atoms with Crippen LogP contribution in [0.3, 0.4) is 0 Å². The molecule has 0 amide bonds. The Hall–Kier alpha value is -8.19. The molecule has 0 unspecified atom stereocenters. The summed E-state index contributed by atoms with van der Waals surface area (Å²) in [5.74, 6) is 1.84. The molecule has 0 bridgehead atoms. The van der Waals surface area contributed by atoms with Crippen LogP contribution >= 0.6 is 11.3 Å². The quantitative estimate of drug-likeness (QED) is 0.177. The first-order valence-electron chi connectivity index (χ1n) is 21.2. The van der Waals surface area contributed by atoms with Gasteiger partial charge in [-0.3, -0.25) is 0 Å². The van der Waals surface area contributed by atoms with Crippen molar-refractivity contribution in [3.63, 3.8) is 0 Å². The highest BCUT2D eigenvalue weighted by atomic mass is 32.1. The molecule has 14 aromatic rings. The zero-order valence-corrected chi connectivity index (χ0v) is 34.4. The summed E-state index contributed by atoms with van der Waals surface area (Å²) in [5, 5.41) is 14.2. The molecule has 10 aromatic carbocycles. The molecule has 6 heteroatoms. The smallest absolute Gasteiger partial charge is 0.164 e. The Bertz CT molecular complexity index is 4220. The van der Waals surface area contributed by atoms with Gasteiger partial charge >= 0.3 is 0 Å². The summed E-state index contributed by atoms with van der Waals surface area (Å²) in [7, 11) is 0. The zero-order valence-electron chi connectivity index (χ0n) is 33.6. The minimum absolute atomic E-state index is 0.591. The molecule has 5 nitrogen and oxygen atoms in total. The summed E-state index contributed by atoms with van der Waals surface area (Å²) in [6.07, 6.45) is 0. The Morgan fingerprint density at radius 3 is 1.79 bits per heavy atom. The first kappa shape index (κ1) is 34.5. The van der Waals surface area contributed by atoms with Crippen LogP contribution in [0.1, 0.15) is 0 Å². The molecule has 14 rings (SSSR count). The molecule has 0 fully saturated rings. The number of fused-ring (bicyclic) bond motifs is 14. The van der Waals surface area contributed by atoms with Crippen molar-refractivity contribution in [3.8, 4) is 39.9 Å². The normalized spacial score (nSPS) is 12.1. The van der Waals surface area contributed by atoms with Crippen LogP contribution < -0.4 is 0 Å². The van der Waals surface area contributed by atoms with Gasteiger partial charge in [-0.05, 0) is 70.1 Å². The second-order valence-corrected chi connectivity index (χ2v) is 17.4. The molecule has 0 saturated carbocycles. The van der Waals surface area contributed by atoms with Crippen molar-refractivity contribution in [1.82, 2.24) is 19.5 Å². The minimum atomic E-state index is 0.591. The number of hydrogen-bond acceptors (Lipinski definition) is 5. The van der Waals surface area contributed by atoms with E-state index in [4.69, 9.17) is 19.4 Å². The average molecular weight is 821 g/mol. The average Bonchev–Trinajstić information content (AvgIpc) is 4.02. The van der Waals surface area contributed by atoms with Gasteiger partial charge in [0.2, 0.25) is 0 Å². The molecule has 0 N–H and O–H groups in total. The van der Waals surface area contributed by atoms with E-state index in [9.17, 15) is 0 Å². The van der Waals surface area contributed by atoms with E-state index < -0.39 is 0 Å². The third-order valence-corrected chi connectivity index (χ3v) is 13.9. The van der Waals surface area contributed by atoms with Crippen molar-refractivity contribution in [2.45, 2.75) is 0 Å². The lowest BCUT2D eigenvalue weighted by Gasteiger charge is -2.13. The van der Waals surface area contributed by atoms with Crippen molar-refractivity contribution in [1.29, 1.82) is 0 Å². The number of aromatic nitrogens is 4. The van der Waals surface area contributed by atoms with Crippen LogP contribution in [-0.4, -0.2) is 19.5 Å². The van der Waals surface area contributed by atoms with Crippen LogP contribution in [0.15, 0.2) is 199 Å². The highest BCUT2D eigenvalue weighted by Gasteiger charge is 2.22. The van der Waals surface area contributed by atoms with Crippen molar-refractivity contribution in [2.24, 2.45) is 0 Å². The molecule has 4 aromatic heterocycles. The molecule has 292 valence electrons. The lowest BCUT2D eigenvalue weighted by atomic mass is 10.0. The number of thiophene rings is 1. The number of nitrogens with zero attached hydrogens (tertiary/aromatic N) is 4. The van der Waals surface area contributed by atoms with E-state index in [0.29, 0.717) is 17.5 Å². The van der Waals surface area contributed by atoms with Gasteiger partial charge in [0.15, 0.2) is 17.5 Å². The van der Waals surface area contributed by atoms with Gasteiger partial charge in [0.05, 0.1) is 16.7 Å². The van der Waals surface area contributed by atoms with Gasteiger partial charge in [-0.25, -0.2) is 15.0 Å². The number of furan rings is 1. The van der Waals surface area contributed by atoms with E-state index in [-0.39, 0.29) is 0 Å². The number of hydrogen-bond donors (Lipinski definition) is 0. The number of rotatable bonds is 4. The summed E-state index contributed by atoms with van der Waals surface area (Å²) in [6.45, 7) is 0. The van der Waals surface area contributed by atoms with Crippen LogP contribution in [-0.2, 0) is 0 Å². The van der Waals surface area contributed by atoms with Crippen LogP contribution in [0.25, 0.3) is 136 Å². The summed E-state index contributed by atoms with van der Waals surface area (Å²) in [6, 6.07) is 69.2. The standard InChI is InChI=1S/C57H32N4OS/c1-2-13-34(14-3-1)55-58-56(60-57(59-55)38-23-26-43-42-19-10-11-21-51(42)63-52(43)31-38)37-22-25-41-45-32-49(40-18-8-9-20-44(40)54(45)62-50(41)30-37)61-47-27-24-33-12-6-7-17-39(33)53(47)46-28-35-15-4-5-16-36(35)29-48(46)61/h1-32H. The molecule has 63 heavy (non-hydrogen) atoms. The summed E-state index contributed by atoms with van der Waals surface area (Å²) < 4.78 is 11.9. The fourth-order valence-electron chi connectivity index (χ4n) is 9.85. The van der Waals surface area contributed by atoms with Crippen LogP contribution in [0.4, 0.5) is 0 Å². The lowest BCUT2D eigenvalue weighted by molar-refractivity contribution is 0.672. The Kier molecular flexibility index (Phi) is 7.21. The predicted molar refractivity (Wildman–Crippen MR) is 263 cm³/mol. The molecule has 0 spiro atoms. The zero-order chi connectivity index (χ0) is 41.2. The Balaban J connectivity index is 0.984. The highest BCUT2D eigenvalue weighted by Crippen LogP contribution is 2.44. The molecule has 4 heterocycles. The van der Waals surface area contributed by atoms with Gasteiger partial charge in [-0.1, -0.05) is 146 Å². The molecular formula is C57H32N4OS. The fraction of sp³-hybridized carbons (Fsp3) is 0. The predicted octanol–water partition coefficient (Wildman–Crippen LogP) is 15.7. The van der Waals surface area contributed by atoms with Gasteiger partial charge in [0, 0.05) is 69.2 Å². The van der Waals surface area contributed by atoms with Gasteiger partial charge in [0.1, 0.15) is 11.2 Å². The summed E-state index contributed by atoms with van der Waals surface area (Å²) in [5.41, 5.74) is 7.83. The Morgan fingerprint density at radius 2 is 0.984 bits per heavy atom. The van der Waals surface area contributed by atoms with E-state index in [1.807, 2.05) is 30.3 Å². The maximum atomic E-state index is 6.92. The second kappa shape index (κ2) is 13.2. The van der Waals surface area contributed by atoms with Crippen LogP contribution in [0.5, 0.6) is 0 Å². The first-order valence-corrected chi connectivity index (χ1v) is 22.0. The van der Waals surface area contributed by atoms with Gasteiger partial charge < -0.3 is 8.98 Å². The topological polar surface area (TPSA) is 56.7 Å². The molecule has 0 radical (unpaired) electrons. The number of benzene rings is 10. The van der Waals surface area contributed by atoms with Crippen molar-refractivity contribution >= 4 is 108 Å². The van der Waals surface area contributed by atoms with E-state index in [1.165, 1.54) is 63.5 Å². The first-order chi connectivity index (χ1) is 31.2. The molecule has 0 saturated heterocycles. The van der Waals surface area contributed by atoms with Crippen molar-refractivity contribution < 1.29 is 4.42 Å². The second-order valence-electron chi connectivity index (χ2n) is 16.3. The lowest BCUT2D eigenvalue weighted by Crippen LogP contribution is -2.00.